The summed E-state index contributed by atoms with van der Waals surface area (Å²) in [5.41, 5.74) is 5.80. The van der Waals surface area contributed by atoms with Crippen LogP contribution in [0.1, 0.15) is 11.3 Å². The van der Waals surface area contributed by atoms with Crippen LogP contribution in [-0.4, -0.2) is 43.1 Å². The number of aromatic nitrogens is 3. The first-order valence-corrected chi connectivity index (χ1v) is 8.14. The molecule has 0 spiro atoms. The van der Waals surface area contributed by atoms with E-state index in [0.717, 1.165) is 5.56 Å². The second kappa shape index (κ2) is 6.07. The number of ether oxygens (including phenoxy) is 1. The monoisotopic (exact) mass is 351 g/mol. The molecular formula is C18H17N5O3. The highest BCUT2D eigenvalue weighted by atomic mass is 16.6. The van der Waals surface area contributed by atoms with Crippen molar-refractivity contribution in [2.45, 2.75) is 30.3 Å². The third kappa shape index (κ3) is 2.34. The average molecular weight is 351 g/mol. The van der Waals surface area contributed by atoms with Gasteiger partial charge in [-0.3, -0.25) is 0 Å². The van der Waals surface area contributed by atoms with Crippen LogP contribution in [0.3, 0.4) is 0 Å². The molecule has 8 nitrogen and oxygen atoms in total. The van der Waals surface area contributed by atoms with Gasteiger partial charge in [0.05, 0.1) is 11.8 Å². The van der Waals surface area contributed by atoms with Crippen LogP contribution in [-0.2, 0) is 16.8 Å². The molecule has 3 heterocycles. The van der Waals surface area contributed by atoms with E-state index in [4.69, 9.17) is 10.5 Å². The van der Waals surface area contributed by atoms with Crippen LogP contribution < -0.4 is 5.73 Å². The van der Waals surface area contributed by atoms with Gasteiger partial charge in [0.2, 0.25) is 5.60 Å². The second-order valence-electron chi connectivity index (χ2n) is 6.29. The quantitative estimate of drug-likeness (QED) is 0.622. The van der Waals surface area contributed by atoms with E-state index in [1.54, 1.807) is 12.1 Å². The van der Waals surface area contributed by atoms with Gasteiger partial charge in [-0.05, 0) is 17.7 Å². The van der Waals surface area contributed by atoms with Crippen molar-refractivity contribution in [1.29, 1.82) is 5.26 Å². The third-order valence-electron chi connectivity index (χ3n) is 4.77. The van der Waals surface area contributed by atoms with Gasteiger partial charge in [0, 0.05) is 6.42 Å². The lowest BCUT2D eigenvalue weighted by molar-refractivity contribution is -0.0500. The maximum atomic E-state index is 10.7. The lowest BCUT2D eigenvalue weighted by atomic mass is 9.91. The van der Waals surface area contributed by atoms with Crippen molar-refractivity contribution in [1.82, 2.24) is 14.6 Å². The summed E-state index contributed by atoms with van der Waals surface area (Å²) in [5, 5.41) is 35.2. The number of nitriles is 1. The molecule has 4 rings (SSSR count). The Kier molecular flexibility index (Phi) is 3.85. The Morgan fingerprint density at radius 3 is 2.73 bits per heavy atom. The number of nitrogens with two attached hydrogens (primary N) is 1. The number of aliphatic hydroxyl groups excluding tert-OH is 2. The van der Waals surface area contributed by atoms with E-state index in [1.165, 1.54) is 10.8 Å². The van der Waals surface area contributed by atoms with E-state index in [2.05, 4.69) is 10.1 Å². The number of benzene rings is 1. The number of hydrogen-bond acceptors (Lipinski definition) is 7. The van der Waals surface area contributed by atoms with Crippen molar-refractivity contribution in [3.8, 4) is 6.07 Å². The molecule has 3 aromatic rings. The molecule has 4 N–H and O–H groups in total. The fourth-order valence-corrected chi connectivity index (χ4v) is 3.43. The van der Waals surface area contributed by atoms with E-state index >= 15 is 0 Å². The number of nitrogen functional groups attached to an aromatic ring is 1. The first-order chi connectivity index (χ1) is 12.6. The van der Waals surface area contributed by atoms with Gasteiger partial charge in [0.1, 0.15) is 30.1 Å². The SMILES string of the molecule is N#C[C@@]1(c2ccc3c(N)ncnn23)O[C@H](Cc2ccccc2)[C@@H](O)[C@H]1O. The summed E-state index contributed by atoms with van der Waals surface area (Å²) in [5.74, 6) is 0.244. The summed E-state index contributed by atoms with van der Waals surface area (Å²) in [6, 6.07) is 14.7. The fraction of sp³-hybridized carbons (Fsp3) is 0.278. The minimum Gasteiger partial charge on any atom is -0.388 e. The van der Waals surface area contributed by atoms with Crippen molar-refractivity contribution in [2.75, 3.05) is 5.73 Å². The van der Waals surface area contributed by atoms with Crippen molar-refractivity contribution in [3.63, 3.8) is 0 Å². The van der Waals surface area contributed by atoms with Gasteiger partial charge in [-0.1, -0.05) is 30.3 Å². The van der Waals surface area contributed by atoms with E-state index < -0.39 is 23.9 Å². The number of fused-ring (bicyclic) bond motifs is 1. The third-order valence-corrected chi connectivity index (χ3v) is 4.77. The molecule has 0 radical (unpaired) electrons. The molecule has 1 aromatic carbocycles. The Labute approximate surface area is 149 Å². The Bertz CT molecular complexity index is 983. The van der Waals surface area contributed by atoms with Crippen LogP contribution in [0, 0.1) is 11.3 Å². The minimum atomic E-state index is -1.76. The average Bonchev–Trinajstić information content (AvgIpc) is 3.19. The Morgan fingerprint density at radius 1 is 1.23 bits per heavy atom. The molecule has 1 fully saturated rings. The molecule has 1 aliphatic heterocycles. The molecule has 0 unspecified atom stereocenters. The largest absolute Gasteiger partial charge is 0.388 e. The maximum absolute atomic E-state index is 10.7. The van der Waals surface area contributed by atoms with Gasteiger partial charge in [0.25, 0.3) is 0 Å². The van der Waals surface area contributed by atoms with E-state index in [1.807, 2.05) is 36.4 Å². The van der Waals surface area contributed by atoms with E-state index in [9.17, 15) is 15.5 Å². The molecule has 4 atom stereocenters. The minimum absolute atomic E-state index is 0.244. The number of nitrogens with zero attached hydrogens (tertiary/aromatic N) is 4. The van der Waals surface area contributed by atoms with Crippen LogP contribution in [0.4, 0.5) is 5.82 Å². The summed E-state index contributed by atoms with van der Waals surface area (Å²) in [7, 11) is 0. The number of hydrogen-bond donors (Lipinski definition) is 3. The van der Waals surface area contributed by atoms with Gasteiger partial charge in [-0.25, -0.2) is 9.50 Å². The van der Waals surface area contributed by atoms with Gasteiger partial charge in [0.15, 0.2) is 5.82 Å². The van der Waals surface area contributed by atoms with Gasteiger partial charge >= 0.3 is 0 Å². The molecule has 1 saturated heterocycles. The number of rotatable bonds is 3. The zero-order chi connectivity index (χ0) is 18.3. The molecular weight excluding hydrogens is 334 g/mol. The zero-order valence-corrected chi connectivity index (χ0v) is 13.7. The number of aliphatic hydroxyl groups is 2. The first kappa shape index (κ1) is 16.5. The van der Waals surface area contributed by atoms with Crippen LogP contribution in [0.15, 0.2) is 48.8 Å². The summed E-state index contributed by atoms with van der Waals surface area (Å²) in [4.78, 5) is 3.91. The smallest absolute Gasteiger partial charge is 0.225 e. The molecule has 2 aromatic heterocycles. The Balaban J connectivity index is 1.75. The highest BCUT2D eigenvalue weighted by molar-refractivity contribution is 5.66. The molecule has 8 heteroatoms. The molecule has 0 amide bonds. The molecule has 0 aliphatic carbocycles. The van der Waals surface area contributed by atoms with Crippen molar-refractivity contribution >= 4 is 11.3 Å². The van der Waals surface area contributed by atoms with E-state index in [0.29, 0.717) is 17.6 Å². The predicted molar refractivity (Wildman–Crippen MR) is 91.7 cm³/mol. The first-order valence-electron chi connectivity index (χ1n) is 8.14. The van der Waals surface area contributed by atoms with Crippen LogP contribution in [0.25, 0.3) is 5.52 Å². The summed E-state index contributed by atoms with van der Waals surface area (Å²) < 4.78 is 7.35. The lowest BCUT2D eigenvalue weighted by Crippen LogP contribution is -2.40. The van der Waals surface area contributed by atoms with Gasteiger partial charge in [-0.2, -0.15) is 10.4 Å². The number of anilines is 1. The summed E-state index contributed by atoms with van der Waals surface area (Å²) in [6.45, 7) is 0. The highest BCUT2D eigenvalue weighted by Crippen LogP contribution is 2.41. The topological polar surface area (TPSA) is 130 Å². The lowest BCUT2D eigenvalue weighted by Gasteiger charge is -2.24. The molecule has 1 aliphatic rings. The van der Waals surface area contributed by atoms with E-state index in [-0.39, 0.29) is 5.82 Å². The van der Waals surface area contributed by atoms with Gasteiger partial charge in [-0.15, -0.1) is 0 Å². The van der Waals surface area contributed by atoms with Crippen molar-refractivity contribution in [3.05, 3.63) is 60.0 Å². The molecule has 0 bridgehead atoms. The predicted octanol–water partition coefficient (Wildman–Crippen LogP) is 0.394. The highest BCUT2D eigenvalue weighted by Gasteiger charge is 2.57. The van der Waals surface area contributed by atoms with Crippen molar-refractivity contribution in [2.24, 2.45) is 0 Å². The Hall–Kier alpha value is -2.99. The standard InChI is InChI=1S/C18H17N5O3/c19-9-18(14-7-6-12-17(20)21-10-22-23(12)14)16(25)15(24)13(26-18)8-11-4-2-1-3-5-11/h1-7,10,13,15-16,24-25H,8H2,(H2,20,21,22)/t13-,15-,16-,18+/m1/s1. The van der Waals surface area contributed by atoms with Crippen molar-refractivity contribution < 1.29 is 14.9 Å². The Morgan fingerprint density at radius 2 is 2.00 bits per heavy atom. The fourth-order valence-electron chi connectivity index (χ4n) is 3.43. The summed E-state index contributed by atoms with van der Waals surface area (Å²) in [6.07, 6.45) is -1.77. The van der Waals surface area contributed by atoms with Gasteiger partial charge < -0.3 is 20.7 Å². The van der Waals surface area contributed by atoms with Crippen LogP contribution in [0.5, 0.6) is 0 Å². The molecule has 132 valence electrons. The summed E-state index contributed by atoms with van der Waals surface area (Å²) >= 11 is 0. The zero-order valence-electron chi connectivity index (χ0n) is 13.7. The molecule has 0 saturated carbocycles. The maximum Gasteiger partial charge on any atom is 0.225 e. The second-order valence-corrected chi connectivity index (χ2v) is 6.29. The van der Waals surface area contributed by atoms with Crippen LogP contribution in [0.2, 0.25) is 0 Å². The molecule has 26 heavy (non-hydrogen) atoms. The normalized spacial score (nSPS) is 28.3. The van der Waals surface area contributed by atoms with Crippen LogP contribution >= 0.6 is 0 Å².